The lowest BCUT2D eigenvalue weighted by atomic mass is 10.3. The zero-order chi connectivity index (χ0) is 14.1. The van der Waals surface area contributed by atoms with Gasteiger partial charge in [0.05, 0.1) is 17.3 Å². The number of halogens is 1. The number of anilines is 1. The van der Waals surface area contributed by atoms with Crippen LogP contribution in [0.15, 0.2) is 34.9 Å². The van der Waals surface area contributed by atoms with E-state index < -0.39 is 0 Å². The molecule has 1 N–H and O–H groups in total. The molecule has 0 aliphatic carbocycles. The van der Waals surface area contributed by atoms with E-state index in [4.69, 9.17) is 0 Å². The average Bonchev–Trinajstić information content (AvgIpc) is 2.84. The summed E-state index contributed by atoms with van der Waals surface area (Å²) < 4.78 is 2.87. The van der Waals surface area contributed by atoms with Gasteiger partial charge in [0.2, 0.25) is 0 Å². The minimum Gasteiger partial charge on any atom is -0.370 e. The molecule has 1 aromatic carbocycles. The minimum atomic E-state index is 0.729. The number of benzene rings is 1. The Morgan fingerprint density at radius 2 is 1.95 bits per heavy atom. The van der Waals surface area contributed by atoms with Gasteiger partial charge >= 0.3 is 0 Å². The van der Waals surface area contributed by atoms with Crippen molar-refractivity contribution in [1.29, 1.82) is 0 Å². The van der Waals surface area contributed by atoms with Crippen LogP contribution in [0, 0.1) is 6.92 Å². The third-order valence-electron chi connectivity index (χ3n) is 2.96. The van der Waals surface area contributed by atoms with E-state index in [0.29, 0.717) is 0 Å². The third kappa shape index (κ3) is 2.27. The Bertz CT molecular complexity index is 748. The van der Waals surface area contributed by atoms with E-state index >= 15 is 0 Å². The Labute approximate surface area is 125 Å². The zero-order valence-corrected chi connectivity index (χ0v) is 12.8. The summed E-state index contributed by atoms with van der Waals surface area (Å²) in [5.74, 6) is 1.56. The molecule has 0 saturated carbocycles. The van der Waals surface area contributed by atoms with Crippen LogP contribution in [-0.4, -0.2) is 26.3 Å². The Hall–Kier alpha value is -1.95. The lowest BCUT2D eigenvalue weighted by Gasteiger charge is -2.06. The molecule has 2 aromatic heterocycles. The largest absolute Gasteiger partial charge is 0.370 e. The summed E-state index contributed by atoms with van der Waals surface area (Å²) in [6.45, 7) is 4.75. The quantitative estimate of drug-likeness (QED) is 0.799. The second kappa shape index (κ2) is 5.20. The monoisotopic (exact) mass is 331 g/mol. The van der Waals surface area contributed by atoms with Crippen LogP contribution in [0.25, 0.3) is 16.7 Å². The molecular formula is C14H14BrN5. The van der Waals surface area contributed by atoms with Gasteiger partial charge in [-0.15, -0.1) is 0 Å². The first kappa shape index (κ1) is 13.1. The number of nitrogens with one attached hydrogen (secondary N) is 1. The van der Waals surface area contributed by atoms with Crippen LogP contribution in [0.5, 0.6) is 0 Å². The van der Waals surface area contributed by atoms with Gasteiger partial charge in [-0.1, -0.05) is 15.9 Å². The van der Waals surface area contributed by atoms with Crippen molar-refractivity contribution in [1.82, 2.24) is 19.7 Å². The van der Waals surface area contributed by atoms with E-state index in [1.165, 1.54) is 0 Å². The maximum absolute atomic E-state index is 4.51. The molecule has 0 aliphatic heterocycles. The van der Waals surface area contributed by atoms with Gasteiger partial charge in [0.25, 0.3) is 0 Å². The van der Waals surface area contributed by atoms with Crippen LogP contribution in [0.1, 0.15) is 12.7 Å². The SMILES string of the molecule is CCNc1nc(C)nc2c1cnn2-c1ccc(Br)cc1. The predicted octanol–water partition coefficient (Wildman–Crippen LogP) is 3.32. The van der Waals surface area contributed by atoms with Crippen molar-refractivity contribution in [2.75, 3.05) is 11.9 Å². The summed E-state index contributed by atoms with van der Waals surface area (Å²) >= 11 is 3.44. The molecule has 0 amide bonds. The highest BCUT2D eigenvalue weighted by Crippen LogP contribution is 2.23. The van der Waals surface area contributed by atoms with Crippen molar-refractivity contribution in [2.45, 2.75) is 13.8 Å². The Morgan fingerprint density at radius 3 is 2.65 bits per heavy atom. The number of rotatable bonds is 3. The number of hydrogen-bond donors (Lipinski definition) is 1. The summed E-state index contributed by atoms with van der Waals surface area (Å²) in [4.78, 5) is 8.94. The fraction of sp³-hybridized carbons (Fsp3) is 0.214. The van der Waals surface area contributed by atoms with Gasteiger partial charge in [0.15, 0.2) is 5.65 Å². The number of nitrogens with zero attached hydrogens (tertiary/aromatic N) is 4. The summed E-state index contributed by atoms with van der Waals surface area (Å²) in [5, 5.41) is 8.62. The van der Waals surface area contributed by atoms with Crippen LogP contribution in [0.3, 0.4) is 0 Å². The lowest BCUT2D eigenvalue weighted by molar-refractivity contribution is 0.889. The third-order valence-corrected chi connectivity index (χ3v) is 3.48. The second-order valence-corrected chi connectivity index (χ2v) is 5.34. The van der Waals surface area contributed by atoms with Crippen molar-refractivity contribution < 1.29 is 0 Å². The van der Waals surface area contributed by atoms with E-state index in [2.05, 4.69) is 36.3 Å². The molecule has 6 heteroatoms. The fourth-order valence-corrected chi connectivity index (χ4v) is 2.35. The van der Waals surface area contributed by atoms with Gasteiger partial charge in [-0.3, -0.25) is 0 Å². The summed E-state index contributed by atoms with van der Waals surface area (Å²) in [7, 11) is 0. The number of aryl methyl sites for hydroxylation is 1. The van der Waals surface area contributed by atoms with Crippen molar-refractivity contribution in [2.24, 2.45) is 0 Å². The standard InChI is InChI=1S/C14H14BrN5/c1-3-16-13-12-8-17-20(14(12)19-9(2)18-13)11-6-4-10(15)5-7-11/h4-8H,3H2,1-2H3,(H,16,18,19). The van der Waals surface area contributed by atoms with E-state index in [0.717, 1.165) is 39.4 Å². The van der Waals surface area contributed by atoms with Gasteiger partial charge in [-0.2, -0.15) is 5.10 Å². The van der Waals surface area contributed by atoms with E-state index in [-0.39, 0.29) is 0 Å². The molecule has 0 radical (unpaired) electrons. The van der Waals surface area contributed by atoms with Crippen molar-refractivity contribution >= 4 is 32.8 Å². The normalized spacial score (nSPS) is 10.9. The molecule has 3 aromatic rings. The molecule has 0 unspecified atom stereocenters. The summed E-state index contributed by atoms with van der Waals surface area (Å²) in [6.07, 6.45) is 1.80. The molecule has 20 heavy (non-hydrogen) atoms. The molecule has 0 bridgehead atoms. The number of hydrogen-bond acceptors (Lipinski definition) is 4. The second-order valence-electron chi connectivity index (χ2n) is 4.42. The van der Waals surface area contributed by atoms with Crippen LogP contribution < -0.4 is 5.32 Å². The highest BCUT2D eigenvalue weighted by molar-refractivity contribution is 9.10. The fourth-order valence-electron chi connectivity index (χ4n) is 2.09. The van der Waals surface area contributed by atoms with Gasteiger partial charge in [-0.05, 0) is 38.1 Å². The van der Waals surface area contributed by atoms with Crippen LogP contribution >= 0.6 is 15.9 Å². The highest BCUT2D eigenvalue weighted by atomic mass is 79.9. The first-order valence-corrected chi connectivity index (χ1v) is 7.20. The number of fused-ring (bicyclic) bond motifs is 1. The first-order chi connectivity index (χ1) is 9.69. The first-order valence-electron chi connectivity index (χ1n) is 6.41. The van der Waals surface area contributed by atoms with Crippen molar-refractivity contribution in [3.8, 4) is 5.69 Å². The van der Waals surface area contributed by atoms with Crippen molar-refractivity contribution in [3.05, 3.63) is 40.8 Å². The Morgan fingerprint density at radius 1 is 1.20 bits per heavy atom. The minimum absolute atomic E-state index is 0.729. The lowest BCUT2D eigenvalue weighted by Crippen LogP contribution is -2.04. The predicted molar refractivity (Wildman–Crippen MR) is 83.3 cm³/mol. The molecule has 0 atom stereocenters. The summed E-state index contributed by atoms with van der Waals surface area (Å²) in [5.41, 5.74) is 1.79. The van der Waals surface area contributed by atoms with Crippen LogP contribution in [-0.2, 0) is 0 Å². The molecule has 3 rings (SSSR count). The Kier molecular flexibility index (Phi) is 3.40. The molecule has 102 valence electrons. The molecule has 0 aliphatic rings. The summed E-state index contributed by atoms with van der Waals surface area (Å²) in [6, 6.07) is 7.98. The topological polar surface area (TPSA) is 55.6 Å². The van der Waals surface area contributed by atoms with Gasteiger partial charge in [-0.25, -0.2) is 14.6 Å². The smallest absolute Gasteiger partial charge is 0.168 e. The molecule has 0 fully saturated rings. The molecule has 5 nitrogen and oxygen atoms in total. The molecular weight excluding hydrogens is 318 g/mol. The van der Waals surface area contributed by atoms with Gasteiger partial charge in [0.1, 0.15) is 11.6 Å². The van der Waals surface area contributed by atoms with Crippen molar-refractivity contribution in [3.63, 3.8) is 0 Å². The van der Waals surface area contributed by atoms with Gasteiger partial charge < -0.3 is 5.32 Å². The van der Waals surface area contributed by atoms with E-state index in [1.54, 1.807) is 6.20 Å². The Balaban J connectivity index is 2.20. The molecule has 0 spiro atoms. The maximum atomic E-state index is 4.51. The van der Waals surface area contributed by atoms with E-state index in [1.807, 2.05) is 42.8 Å². The van der Waals surface area contributed by atoms with E-state index in [9.17, 15) is 0 Å². The maximum Gasteiger partial charge on any atom is 0.168 e. The number of aromatic nitrogens is 4. The van der Waals surface area contributed by atoms with Crippen LogP contribution in [0.4, 0.5) is 5.82 Å². The van der Waals surface area contributed by atoms with Crippen LogP contribution in [0.2, 0.25) is 0 Å². The highest BCUT2D eigenvalue weighted by Gasteiger charge is 2.12. The molecule has 0 saturated heterocycles. The zero-order valence-electron chi connectivity index (χ0n) is 11.3. The molecule has 2 heterocycles. The average molecular weight is 332 g/mol. The van der Waals surface area contributed by atoms with Gasteiger partial charge in [0, 0.05) is 11.0 Å².